The molecule has 94 valence electrons. The topological polar surface area (TPSA) is 55.0 Å². The van der Waals surface area contributed by atoms with E-state index in [0.717, 1.165) is 17.9 Å². The first-order valence-corrected chi connectivity index (χ1v) is 6.64. The molecule has 2 rings (SSSR count). The third kappa shape index (κ3) is 2.75. The highest BCUT2D eigenvalue weighted by Crippen LogP contribution is 2.26. The molecule has 1 aromatic heterocycles. The van der Waals surface area contributed by atoms with Crippen molar-refractivity contribution in [3.05, 3.63) is 17.8 Å². The predicted octanol–water partition coefficient (Wildman–Crippen LogP) is 2.09. The molecule has 4 nitrogen and oxygen atoms in total. The van der Waals surface area contributed by atoms with E-state index >= 15 is 0 Å². The van der Waals surface area contributed by atoms with Crippen LogP contribution in [0.3, 0.4) is 0 Å². The van der Waals surface area contributed by atoms with Crippen LogP contribution in [0, 0.1) is 0 Å². The standard InChI is InChI=1S/C13H22N4/c1-2-12-6-4-3-5-9-17(12)13-11(10-14)7-8-15-16-13/h7-8,12H,2-6,9-10,14H2,1H3. The largest absolute Gasteiger partial charge is 0.352 e. The Morgan fingerprint density at radius 2 is 2.29 bits per heavy atom. The fourth-order valence-corrected chi connectivity index (χ4v) is 2.63. The summed E-state index contributed by atoms with van der Waals surface area (Å²) in [5.74, 6) is 1.00. The lowest BCUT2D eigenvalue weighted by Crippen LogP contribution is -2.36. The van der Waals surface area contributed by atoms with Crippen molar-refractivity contribution >= 4 is 5.82 Å². The van der Waals surface area contributed by atoms with Gasteiger partial charge in [0.1, 0.15) is 0 Å². The summed E-state index contributed by atoms with van der Waals surface area (Å²) in [7, 11) is 0. The molecule has 1 unspecified atom stereocenters. The van der Waals surface area contributed by atoms with Crippen LogP contribution in [0.4, 0.5) is 5.82 Å². The zero-order chi connectivity index (χ0) is 12.1. The number of nitrogens with zero attached hydrogens (tertiary/aromatic N) is 3. The highest BCUT2D eigenvalue weighted by Gasteiger charge is 2.22. The maximum atomic E-state index is 5.79. The first-order chi connectivity index (χ1) is 8.36. The quantitative estimate of drug-likeness (QED) is 0.870. The molecule has 1 aliphatic rings. The highest BCUT2D eigenvalue weighted by molar-refractivity contribution is 5.46. The number of rotatable bonds is 3. The lowest BCUT2D eigenvalue weighted by atomic mass is 10.1. The molecule has 1 aliphatic heterocycles. The Hall–Kier alpha value is -1.16. The first-order valence-electron chi connectivity index (χ1n) is 6.64. The van der Waals surface area contributed by atoms with Gasteiger partial charge in [0.05, 0.1) is 6.20 Å². The SMILES string of the molecule is CCC1CCCCCN1c1nnccc1CN. The van der Waals surface area contributed by atoms with Crippen molar-refractivity contribution in [3.63, 3.8) is 0 Å². The van der Waals surface area contributed by atoms with Crippen LogP contribution in [0.1, 0.15) is 44.6 Å². The maximum absolute atomic E-state index is 5.79. The van der Waals surface area contributed by atoms with Gasteiger partial charge < -0.3 is 10.6 Å². The summed E-state index contributed by atoms with van der Waals surface area (Å²) in [5, 5.41) is 8.33. The Bertz CT molecular complexity index is 353. The summed E-state index contributed by atoms with van der Waals surface area (Å²) in [5.41, 5.74) is 6.90. The lowest BCUT2D eigenvalue weighted by molar-refractivity contribution is 0.548. The van der Waals surface area contributed by atoms with Gasteiger partial charge in [-0.2, -0.15) is 5.10 Å². The molecule has 0 saturated carbocycles. The molecule has 0 aliphatic carbocycles. The number of aromatic nitrogens is 2. The van der Waals surface area contributed by atoms with E-state index in [1.54, 1.807) is 6.20 Å². The van der Waals surface area contributed by atoms with Gasteiger partial charge in [-0.1, -0.05) is 19.8 Å². The van der Waals surface area contributed by atoms with Gasteiger partial charge in [-0.15, -0.1) is 5.10 Å². The van der Waals surface area contributed by atoms with Crippen LogP contribution in [-0.4, -0.2) is 22.8 Å². The average molecular weight is 234 g/mol. The Balaban J connectivity index is 2.28. The van der Waals surface area contributed by atoms with E-state index in [2.05, 4.69) is 22.0 Å². The van der Waals surface area contributed by atoms with Gasteiger partial charge in [0.25, 0.3) is 0 Å². The second-order valence-corrected chi connectivity index (χ2v) is 4.69. The number of anilines is 1. The Morgan fingerprint density at radius 3 is 3.06 bits per heavy atom. The monoisotopic (exact) mass is 234 g/mol. The molecule has 0 aromatic carbocycles. The Morgan fingerprint density at radius 1 is 1.41 bits per heavy atom. The second kappa shape index (κ2) is 5.96. The molecule has 0 radical (unpaired) electrons. The van der Waals surface area contributed by atoms with Crippen molar-refractivity contribution in [2.45, 2.75) is 51.6 Å². The van der Waals surface area contributed by atoms with E-state index in [4.69, 9.17) is 5.73 Å². The molecule has 1 saturated heterocycles. The molecule has 0 amide bonds. The van der Waals surface area contributed by atoms with Crippen LogP contribution in [0.15, 0.2) is 12.3 Å². The van der Waals surface area contributed by atoms with Crippen LogP contribution in [0.2, 0.25) is 0 Å². The fourth-order valence-electron chi connectivity index (χ4n) is 2.63. The predicted molar refractivity (Wildman–Crippen MR) is 69.8 cm³/mol. The molecule has 2 heterocycles. The van der Waals surface area contributed by atoms with E-state index in [1.807, 2.05) is 6.07 Å². The first kappa shape index (κ1) is 12.3. The highest BCUT2D eigenvalue weighted by atomic mass is 15.3. The second-order valence-electron chi connectivity index (χ2n) is 4.69. The minimum absolute atomic E-state index is 0.539. The molecule has 1 fully saturated rings. The van der Waals surface area contributed by atoms with Gasteiger partial charge in [-0.05, 0) is 25.3 Å². The molecule has 2 N–H and O–H groups in total. The van der Waals surface area contributed by atoms with E-state index in [0.29, 0.717) is 12.6 Å². The van der Waals surface area contributed by atoms with Gasteiger partial charge in [-0.3, -0.25) is 0 Å². The molecule has 1 aromatic rings. The maximum Gasteiger partial charge on any atom is 0.156 e. The van der Waals surface area contributed by atoms with Crippen molar-refractivity contribution in [2.75, 3.05) is 11.4 Å². The van der Waals surface area contributed by atoms with Crippen LogP contribution in [0.5, 0.6) is 0 Å². The summed E-state index contributed by atoms with van der Waals surface area (Å²) in [6.07, 6.45) is 8.05. The smallest absolute Gasteiger partial charge is 0.156 e. The molecule has 4 heteroatoms. The molecular formula is C13H22N4. The molecule has 1 atom stereocenters. The Labute approximate surface area is 103 Å². The van der Waals surface area contributed by atoms with Gasteiger partial charge in [0.15, 0.2) is 5.82 Å². The van der Waals surface area contributed by atoms with Crippen LogP contribution in [-0.2, 0) is 6.54 Å². The van der Waals surface area contributed by atoms with Crippen molar-refractivity contribution in [3.8, 4) is 0 Å². The third-order valence-electron chi connectivity index (χ3n) is 3.62. The van der Waals surface area contributed by atoms with Gasteiger partial charge in [0.2, 0.25) is 0 Å². The third-order valence-corrected chi connectivity index (χ3v) is 3.62. The molecular weight excluding hydrogens is 212 g/mol. The van der Waals surface area contributed by atoms with Crippen molar-refractivity contribution in [2.24, 2.45) is 5.73 Å². The van der Waals surface area contributed by atoms with E-state index < -0.39 is 0 Å². The van der Waals surface area contributed by atoms with E-state index in [9.17, 15) is 0 Å². The minimum atomic E-state index is 0.539. The van der Waals surface area contributed by atoms with E-state index in [-0.39, 0.29) is 0 Å². The number of hydrogen-bond acceptors (Lipinski definition) is 4. The fraction of sp³-hybridized carbons (Fsp3) is 0.692. The summed E-state index contributed by atoms with van der Waals surface area (Å²) >= 11 is 0. The number of nitrogens with two attached hydrogens (primary N) is 1. The van der Waals surface area contributed by atoms with Crippen LogP contribution in [0.25, 0.3) is 0 Å². The normalized spacial score (nSPS) is 21.3. The molecule has 0 spiro atoms. The minimum Gasteiger partial charge on any atom is -0.352 e. The lowest BCUT2D eigenvalue weighted by Gasteiger charge is -2.31. The van der Waals surface area contributed by atoms with Crippen molar-refractivity contribution in [1.29, 1.82) is 0 Å². The van der Waals surface area contributed by atoms with E-state index in [1.165, 1.54) is 32.1 Å². The van der Waals surface area contributed by atoms with Crippen LogP contribution < -0.4 is 10.6 Å². The Kier molecular flexibility index (Phi) is 4.31. The average Bonchev–Trinajstić information content (AvgIpc) is 2.63. The van der Waals surface area contributed by atoms with Gasteiger partial charge in [-0.25, -0.2) is 0 Å². The number of hydrogen-bond donors (Lipinski definition) is 1. The molecule has 0 bridgehead atoms. The summed E-state index contributed by atoms with van der Waals surface area (Å²) in [6, 6.07) is 2.58. The zero-order valence-electron chi connectivity index (χ0n) is 10.6. The summed E-state index contributed by atoms with van der Waals surface area (Å²) in [4.78, 5) is 2.42. The molecule has 17 heavy (non-hydrogen) atoms. The zero-order valence-corrected chi connectivity index (χ0v) is 10.6. The van der Waals surface area contributed by atoms with Crippen molar-refractivity contribution in [1.82, 2.24) is 10.2 Å². The van der Waals surface area contributed by atoms with Gasteiger partial charge in [0, 0.05) is 24.7 Å². The summed E-state index contributed by atoms with van der Waals surface area (Å²) < 4.78 is 0. The van der Waals surface area contributed by atoms with Crippen LogP contribution >= 0.6 is 0 Å². The summed E-state index contributed by atoms with van der Waals surface area (Å²) in [6.45, 7) is 3.88. The van der Waals surface area contributed by atoms with Crippen molar-refractivity contribution < 1.29 is 0 Å². The van der Waals surface area contributed by atoms with Gasteiger partial charge >= 0.3 is 0 Å².